The summed E-state index contributed by atoms with van der Waals surface area (Å²) in [5.74, 6) is 2.63. The molecule has 0 aromatic carbocycles. The van der Waals surface area contributed by atoms with Crippen LogP contribution in [0, 0.1) is 0 Å². The van der Waals surface area contributed by atoms with Crippen LogP contribution in [0.4, 0.5) is 11.6 Å². The first-order valence-electron chi connectivity index (χ1n) is 9.85. The van der Waals surface area contributed by atoms with Gasteiger partial charge in [0.25, 0.3) is 0 Å². The Balaban J connectivity index is 1.59. The topological polar surface area (TPSA) is 90.5 Å². The first-order chi connectivity index (χ1) is 13.3. The van der Waals surface area contributed by atoms with Gasteiger partial charge in [-0.05, 0) is 57.3 Å². The summed E-state index contributed by atoms with van der Waals surface area (Å²) in [7, 11) is 1.94. The van der Waals surface area contributed by atoms with E-state index in [0.717, 1.165) is 79.3 Å². The van der Waals surface area contributed by atoms with E-state index in [-0.39, 0.29) is 0 Å². The molecule has 0 bridgehead atoms. The van der Waals surface area contributed by atoms with Crippen molar-refractivity contribution in [3.05, 3.63) is 29.6 Å². The molecule has 1 fully saturated rings. The molecule has 0 spiro atoms. The summed E-state index contributed by atoms with van der Waals surface area (Å²) in [4.78, 5) is 17.8. The Hall–Kier alpha value is -2.67. The van der Waals surface area contributed by atoms with E-state index in [1.807, 2.05) is 13.2 Å². The van der Waals surface area contributed by atoms with Crippen LogP contribution < -0.4 is 16.0 Å². The van der Waals surface area contributed by atoms with Gasteiger partial charge in [-0.25, -0.2) is 15.0 Å². The lowest BCUT2D eigenvalue weighted by atomic mass is 10.1. The van der Waals surface area contributed by atoms with Gasteiger partial charge in [-0.1, -0.05) is 0 Å². The van der Waals surface area contributed by atoms with Crippen LogP contribution in [0.3, 0.4) is 0 Å². The van der Waals surface area contributed by atoms with Gasteiger partial charge in [0.1, 0.15) is 17.3 Å². The fourth-order valence-corrected chi connectivity index (χ4v) is 4.23. The highest BCUT2D eigenvalue weighted by Crippen LogP contribution is 2.33. The molecule has 0 radical (unpaired) electrons. The summed E-state index contributed by atoms with van der Waals surface area (Å²) in [5, 5.41) is 11.3. The highest BCUT2D eigenvalue weighted by molar-refractivity contribution is 5.93. The molecule has 3 aromatic heterocycles. The summed E-state index contributed by atoms with van der Waals surface area (Å²) >= 11 is 0. The normalized spacial score (nSPS) is 17.2. The van der Waals surface area contributed by atoms with Gasteiger partial charge in [-0.2, -0.15) is 0 Å². The first kappa shape index (κ1) is 16.5. The molecule has 0 unspecified atom stereocenters. The quantitative estimate of drug-likeness (QED) is 0.570. The Labute approximate surface area is 158 Å². The van der Waals surface area contributed by atoms with Crippen LogP contribution in [-0.2, 0) is 12.8 Å². The molecule has 4 N–H and O–H groups in total. The lowest BCUT2D eigenvalue weighted by molar-refractivity contribution is 0.478. The van der Waals surface area contributed by atoms with Crippen LogP contribution in [0.15, 0.2) is 18.3 Å². The summed E-state index contributed by atoms with van der Waals surface area (Å²) in [6, 6.07) is 4.61. The van der Waals surface area contributed by atoms with Crippen molar-refractivity contribution >= 4 is 22.7 Å². The van der Waals surface area contributed by atoms with E-state index in [4.69, 9.17) is 15.0 Å². The summed E-state index contributed by atoms with van der Waals surface area (Å²) in [5.41, 5.74) is 4.36. The molecule has 1 aliphatic carbocycles. The minimum absolute atomic E-state index is 0.452. The van der Waals surface area contributed by atoms with Gasteiger partial charge in [0.15, 0.2) is 5.82 Å². The second kappa shape index (κ2) is 6.81. The van der Waals surface area contributed by atoms with Crippen molar-refractivity contribution in [1.29, 1.82) is 0 Å². The Morgan fingerprint density at radius 2 is 2.00 bits per heavy atom. The van der Waals surface area contributed by atoms with Crippen molar-refractivity contribution in [2.24, 2.45) is 0 Å². The van der Waals surface area contributed by atoms with Crippen LogP contribution >= 0.6 is 0 Å². The van der Waals surface area contributed by atoms with Gasteiger partial charge in [0.05, 0.1) is 0 Å². The Kier molecular flexibility index (Phi) is 4.16. The molecule has 0 amide bonds. The van der Waals surface area contributed by atoms with Crippen molar-refractivity contribution in [3.63, 3.8) is 0 Å². The highest BCUT2D eigenvalue weighted by atomic mass is 15.1. The Morgan fingerprint density at radius 1 is 1.11 bits per heavy atom. The highest BCUT2D eigenvalue weighted by Gasteiger charge is 2.21. The zero-order valence-corrected chi connectivity index (χ0v) is 15.6. The van der Waals surface area contributed by atoms with Crippen LogP contribution in [0.25, 0.3) is 22.4 Å². The maximum atomic E-state index is 4.92. The maximum absolute atomic E-state index is 4.92. The van der Waals surface area contributed by atoms with Gasteiger partial charge in [-0.15, -0.1) is 0 Å². The average Bonchev–Trinajstić information content (AvgIpc) is 3.36. The molecular weight excluding hydrogens is 338 g/mol. The van der Waals surface area contributed by atoms with E-state index in [1.165, 1.54) is 11.3 Å². The molecule has 2 aliphatic rings. The summed E-state index contributed by atoms with van der Waals surface area (Å²) < 4.78 is 0. The molecule has 4 heterocycles. The number of nitrogens with one attached hydrogen (secondary N) is 4. The van der Waals surface area contributed by atoms with E-state index >= 15 is 0 Å². The number of pyridine rings is 1. The second-order valence-corrected chi connectivity index (χ2v) is 7.39. The standard InChI is InChI=1S/C20H25N7/c1-21-18-14-3-2-4-16(14)25-20(27-18)15-11-17(24-12-5-8-22-9-6-12)26-19-13(15)7-10-23-19/h7,10-12,22H,2-6,8-9H2,1H3,(H,21,25,27)(H2,23,24,26). The van der Waals surface area contributed by atoms with E-state index in [1.54, 1.807) is 0 Å². The minimum atomic E-state index is 0.452. The molecule has 1 aliphatic heterocycles. The molecule has 7 heteroatoms. The van der Waals surface area contributed by atoms with Crippen LogP contribution in [0.1, 0.15) is 30.5 Å². The van der Waals surface area contributed by atoms with Gasteiger partial charge in [0.2, 0.25) is 0 Å². The number of anilines is 2. The monoisotopic (exact) mass is 363 g/mol. The number of nitrogens with zero attached hydrogens (tertiary/aromatic N) is 3. The van der Waals surface area contributed by atoms with Crippen LogP contribution in [-0.4, -0.2) is 46.1 Å². The number of H-pyrrole nitrogens is 1. The zero-order chi connectivity index (χ0) is 18.2. The Bertz CT molecular complexity index is 972. The fraction of sp³-hybridized carbons (Fsp3) is 0.450. The predicted molar refractivity (Wildman–Crippen MR) is 108 cm³/mol. The van der Waals surface area contributed by atoms with Gasteiger partial charge >= 0.3 is 0 Å². The van der Waals surface area contributed by atoms with Crippen molar-refractivity contribution in [1.82, 2.24) is 25.3 Å². The van der Waals surface area contributed by atoms with Crippen LogP contribution in [0.5, 0.6) is 0 Å². The number of aromatic nitrogens is 4. The van der Waals surface area contributed by atoms with Crippen LogP contribution in [0.2, 0.25) is 0 Å². The molecule has 7 nitrogen and oxygen atoms in total. The third kappa shape index (κ3) is 3.02. The van der Waals surface area contributed by atoms with E-state index in [9.17, 15) is 0 Å². The number of aryl methyl sites for hydroxylation is 1. The lowest BCUT2D eigenvalue weighted by Gasteiger charge is -2.24. The lowest BCUT2D eigenvalue weighted by Crippen LogP contribution is -2.35. The SMILES string of the molecule is CNc1nc(-c2cc(NC3CCNCC3)nc3[nH]ccc23)nc2c1CCC2. The molecule has 140 valence electrons. The third-order valence-electron chi connectivity index (χ3n) is 5.63. The smallest absolute Gasteiger partial charge is 0.162 e. The second-order valence-electron chi connectivity index (χ2n) is 7.39. The number of piperidine rings is 1. The van der Waals surface area contributed by atoms with E-state index in [0.29, 0.717) is 6.04 Å². The number of aromatic amines is 1. The van der Waals surface area contributed by atoms with E-state index < -0.39 is 0 Å². The minimum Gasteiger partial charge on any atom is -0.373 e. The van der Waals surface area contributed by atoms with Crippen molar-refractivity contribution in [3.8, 4) is 11.4 Å². The maximum Gasteiger partial charge on any atom is 0.162 e. The molecule has 27 heavy (non-hydrogen) atoms. The van der Waals surface area contributed by atoms with Gasteiger partial charge < -0.3 is 20.9 Å². The number of fused-ring (bicyclic) bond motifs is 2. The zero-order valence-electron chi connectivity index (χ0n) is 15.6. The summed E-state index contributed by atoms with van der Waals surface area (Å²) in [6.45, 7) is 2.10. The number of hydrogen-bond acceptors (Lipinski definition) is 6. The van der Waals surface area contributed by atoms with Gasteiger partial charge in [-0.3, -0.25) is 0 Å². The molecule has 1 saturated heterocycles. The molecular formula is C20H25N7. The Morgan fingerprint density at radius 3 is 2.85 bits per heavy atom. The molecule has 5 rings (SSSR count). The van der Waals surface area contributed by atoms with Crippen molar-refractivity contribution in [2.45, 2.75) is 38.1 Å². The van der Waals surface area contributed by atoms with Crippen molar-refractivity contribution < 1.29 is 0 Å². The number of hydrogen-bond donors (Lipinski definition) is 4. The average molecular weight is 363 g/mol. The first-order valence-corrected chi connectivity index (χ1v) is 9.85. The molecule has 0 saturated carbocycles. The predicted octanol–water partition coefficient (Wildman–Crippen LogP) is 2.71. The fourth-order valence-electron chi connectivity index (χ4n) is 4.23. The number of rotatable bonds is 4. The van der Waals surface area contributed by atoms with Gasteiger partial charge in [0, 0.05) is 41.5 Å². The third-order valence-corrected chi connectivity index (χ3v) is 5.63. The molecule has 0 atom stereocenters. The summed E-state index contributed by atoms with van der Waals surface area (Å²) in [6.07, 6.45) is 7.39. The van der Waals surface area contributed by atoms with Crippen molar-refractivity contribution in [2.75, 3.05) is 30.8 Å². The molecule has 3 aromatic rings. The largest absolute Gasteiger partial charge is 0.373 e. The van der Waals surface area contributed by atoms with E-state index in [2.05, 4.69) is 33.1 Å².